The molecule has 0 saturated heterocycles. The highest BCUT2D eigenvalue weighted by molar-refractivity contribution is 7.92. The lowest BCUT2D eigenvalue weighted by atomic mass is 10.2. The molecular formula is C12H18N2O4S. The molecule has 0 aromatic heterocycles. The number of anilines is 2. The zero-order valence-electron chi connectivity index (χ0n) is 11.0. The Labute approximate surface area is 112 Å². The van der Waals surface area contributed by atoms with Crippen molar-refractivity contribution in [3.8, 4) is 11.5 Å². The van der Waals surface area contributed by atoms with Crippen molar-refractivity contribution in [2.24, 2.45) is 5.92 Å². The van der Waals surface area contributed by atoms with E-state index in [0.29, 0.717) is 35.2 Å². The number of benzene rings is 1. The molecule has 3 N–H and O–H groups in total. The van der Waals surface area contributed by atoms with Crippen LogP contribution in [0, 0.1) is 5.92 Å². The SMILES string of the molecule is CC(C)CCS(=O)(=O)Nc1cc2c(cc1N)OCO2. The molecule has 0 fully saturated rings. The van der Waals surface area contributed by atoms with Gasteiger partial charge in [-0.25, -0.2) is 8.42 Å². The third-order valence-corrected chi connectivity index (χ3v) is 4.08. The third-order valence-electron chi connectivity index (χ3n) is 2.77. The molecule has 106 valence electrons. The fourth-order valence-electron chi connectivity index (χ4n) is 1.66. The molecule has 2 rings (SSSR count). The van der Waals surface area contributed by atoms with Gasteiger partial charge in [0, 0.05) is 12.1 Å². The topological polar surface area (TPSA) is 90.7 Å². The van der Waals surface area contributed by atoms with Crippen LogP contribution in [0.4, 0.5) is 11.4 Å². The number of hydrogen-bond acceptors (Lipinski definition) is 5. The van der Waals surface area contributed by atoms with E-state index in [9.17, 15) is 8.42 Å². The van der Waals surface area contributed by atoms with E-state index >= 15 is 0 Å². The van der Waals surface area contributed by atoms with Gasteiger partial charge < -0.3 is 15.2 Å². The quantitative estimate of drug-likeness (QED) is 0.805. The van der Waals surface area contributed by atoms with Gasteiger partial charge in [-0.3, -0.25) is 4.72 Å². The van der Waals surface area contributed by atoms with Crippen LogP contribution >= 0.6 is 0 Å². The lowest BCUT2D eigenvalue weighted by Gasteiger charge is -2.12. The van der Waals surface area contributed by atoms with Crippen molar-refractivity contribution < 1.29 is 17.9 Å². The summed E-state index contributed by atoms with van der Waals surface area (Å²) in [6, 6.07) is 3.10. The Morgan fingerprint density at radius 1 is 1.32 bits per heavy atom. The van der Waals surface area contributed by atoms with Crippen molar-refractivity contribution in [3.63, 3.8) is 0 Å². The van der Waals surface area contributed by atoms with Gasteiger partial charge in [-0.1, -0.05) is 13.8 Å². The largest absolute Gasteiger partial charge is 0.454 e. The number of ether oxygens (including phenoxy) is 2. The smallest absolute Gasteiger partial charge is 0.232 e. The van der Waals surface area contributed by atoms with E-state index < -0.39 is 10.0 Å². The van der Waals surface area contributed by atoms with Gasteiger partial charge in [-0.05, 0) is 12.3 Å². The number of sulfonamides is 1. The highest BCUT2D eigenvalue weighted by Crippen LogP contribution is 2.38. The van der Waals surface area contributed by atoms with E-state index in [1.165, 1.54) is 0 Å². The average molecular weight is 286 g/mol. The summed E-state index contributed by atoms with van der Waals surface area (Å²) in [6.45, 7) is 4.08. The van der Waals surface area contributed by atoms with Crippen molar-refractivity contribution in [3.05, 3.63) is 12.1 Å². The van der Waals surface area contributed by atoms with Gasteiger partial charge >= 0.3 is 0 Å². The minimum Gasteiger partial charge on any atom is -0.454 e. The second kappa shape index (κ2) is 5.16. The van der Waals surface area contributed by atoms with Crippen LogP contribution < -0.4 is 19.9 Å². The van der Waals surface area contributed by atoms with Crippen LogP contribution in [0.1, 0.15) is 20.3 Å². The first-order valence-electron chi connectivity index (χ1n) is 6.07. The summed E-state index contributed by atoms with van der Waals surface area (Å²) in [7, 11) is -3.40. The van der Waals surface area contributed by atoms with Gasteiger partial charge in [0.05, 0.1) is 17.1 Å². The second-order valence-corrected chi connectivity index (χ2v) is 6.74. The average Bonchev–Trinajstić information content (AvgIpc) is 2.74. The first kappa shape index (κ1) is 13.8. The number of hydrogen-bond donors (Lipinski definition) is 2. The van der Waals surface area contributed by atoms with Crippen LogP contribution in [-0.4, -0.2) is 21.0 Å². The van der Waals surface area contributed by atoms with Crippen LogP contribution in [-0.2, 0) is 10.0 Å². The lowest BCUT2D eigenvalue weighted by Crippen LogP contribution is -2.18. The molecule has 6 nitrogen and oxygen atoms in total. The van der Waals surface area contributed by atoms with Crippen LogP contribution in [0.3, 0.4) is 0 Å². The molecule has 1 aromatic rings. The third kappa shape index (κ3) is 3.44. The molecule has 0 atom stereocenters. The van der Waals surface area contributed by atoms with Crippen molar-refractivity contribution in [1.29, 1.82) is 0 Å². The molecule has 7 heteroatoms. The predicted molar refractivity (Wildman–Crippen MR) is 73.8 cm³/mol. The van der Waals surface area contributed by atoms with Gasteiger partial charge in [0.1, 0.15) is 0 Å². The maximum Gasteiger partial charge on any atom is 0.232 e. The van der Waals surface area contributed by atoms with Crippen molar-refractivity contribution in [2.45, 2.75) is 20.3 Å². The van der Waals surface area contributed by atoms with Gasteiger partial charge in [0.25, 0.3) is 0 Å². The predicted octanol–water partition coefficient (Wildman–Crippen LogP) is 1.79. The highest BCUT2D eigenvalue weighted by Gasteiger charge is 2.19. The van der Waals surface area contributed by atoms with Crippen LogP contribution in [0.2, 0.25) is 0 Å². The Kier molecular flexibility index (Phi) is 3.75. The number of nitrogen functional groups attached to an aromatic ring is 1. The van der Waals surface area contributed by atoms with E-state index in [-0.39, 0.29) is 12.5 Å². The monoisotopic (exact) mass is 286 g/mol. The van der Waals surface area contributed by atoms with Crippen molar-refractivity contribution in [2.75, 3.05) is 23.0 Å². The Balaban J connectivity index is 2.15. The first-order chi connectivity index (χ1) is 8.87. The molecule has 19 heavy (non-hydrogen) atoms. The fourth-order valence-corrected chi connectivity index (χ4v) is 3.05. The Hall–Kier alpha value is -1.63. The maximum absolute atomic E-state index is 11.9. The standard InChI is InChI=1S/C12H18N2O4S/c1-8(2)3-4-19(15,16)14-10-6-12-11(5-9(10)13)17-7-18-12/h5-6,8,14H,3-4,7,13H2,1-2H3. The van der Waals surface area contributed by atoms with E-state index in [2.05, 4.69) is 4.72 Å². The molecule has 0 bridgehead atoms. The lowest BCUT2D eigenvalue weighted by molar-refractivity contribution is 0.174. The Bertz CT molecular complexity index is 569. The van der Waals surface area contributed by atoms with Crippen molar-refractivity contribution in [1.82, 2.24) is 0 Å². The molecule has 0 amide bonds. The number of rotatable bonds is 5. The molecule has 1 aliphatic heterocycles. The second-order valence-electron chi connectivity index (χ2n) is 4.90. The Morgan fingerprint density at radius 3 is 2.58 bits per heavy atom. The summed E-state index contributed by atoms with van der Waals surface area (Å²) in [5.74, 6) is 1.42. The summed E-state index contributed by atoms with van der Waals surface area (Å²) < 4.78 is 36.7. The molecule has 0 radical (unpaired) electrons. The number of nitrogens with one attached hydrogen (secondary N) is 1. The molecule has 0 unspecified atom stereocenters. The maximum atomic E-state index is 11.9. The van der Waals surface area contributed by atoms with Crippen molar-refractivity contribution >= 4 is 21.4 Å². The minimum atomic E-state index is -3.40. The summed E-state index contributed by atoms with van der Waals surface area (Å²) in [6.07, 6.45) is 0.597. The van der Waals surface area contributed by atoms with E-state index in [0.717, 1.165) is 0 Å². The van der Waals surface area contributed by atoms with Crippen LogP contribution in [0.5, 0.6) is 11.5 Å². The normalized spacial score (nSPS) is 13.8. The van der Waals surface area contributed by atoms with E-state index in [1.807, 2.05) is 13.8 Å². The number of nitrogens with two attached hydrogens (primary N) is 1. The molecule has 1 aromatic carbocycles. The highest BCUT2D eigenvalue weighted by atomic mass is 32.2. The van der Waals surface area contributed by atoms with Crippen LogP contribution in [0.25, 0.3) is 0 Å². The molecule has 1 heterocycles. The van der Waals surface area contributed by atoms with Gasteiger partial charge in [-0.2, -0.15) is 0 Å². The molecule has 0 aliphatic carbocycles. The van der Waals surface area contributed by atoms with E-state index in [4.69, 9.17) is 15.2 Å². The molecule has 0 spiro atoms. The van der Waals surface area contributed by atoms with E-state index in [1.54, 1.807) is 12.1 Å². The van der Waals surface area contributed by atoms with Gasteiger partial charge in [-0.15, -0.1) is 0 Å². The summed E-state index contributed by atoms with van der Waals surface area (Å²) in [5, 5.41) is 0. The van der Waals surface area contributed by atoms with Crippen LogP contribution in [0.15, 0.2) is 12.1 Å². The fraction of sp³-hybridized carbons (Fsp3) is 0.500. The summed E-state index contributed by atoms with van der Waals surface area (Å²) in [5.41, 5.74) is 6.44. The van der Waals surface area contributed by atoms with Gasteiger partial charge in [0.15, 0.2) is 11.5 Å². The first-order valence-corrected chi connectivity index (χ1v) is 7.72. The zero-order valence-corrected chi connectivity index (χ0v) is 11.8. The molecular weight excluding hydrogens is 268 g/mol. The minimum absolute atomic E-state index is 0.0680. The van der Waals surface area contributed by atoms with Gasteiger partial charge in [0.2, 0.25) is 16.8 Å². The Morgan fingerprint density at radius 2 is 1.95 bits per heavy atom. The molecule has 0 saturated carbocycles. The number of fused-ring (bicyclic) bond motifs is 1. The summed E-state index contributed by atoms with van der Waals surface area (Å²) in [4.78, 5) is 0. The molecule has 1 aliphatic rings. The summed E-state index contributed by atoms with van der Waals surface area (Å²) >= 11 is 0. The zero-order chi connectivity index (χ0) is 14.0.